The summed E-state index contributed by atoms with van der Waals surface area (Å²) in [5.41, 5.74) is 3.56. The molecule has 4 aromatic rings. The fourth-order valence-electron chi connectivity index (χ4n) is 3.63. The van der Waals surface area contributed by atoms with Gasteiger partial charge in [0.1, 0.15) is 0 Å². The molecule has 0 aliphatic rings. The summed E-state index contributed by atoms with van der Waals surface area (Å²) in [6.07, 6.45) is 0. The molecular weight excluding hydrogens is 294 g/mol. The van der Waals surface area contributed by atoms with E-state index < -0.39 is 6.99 Å². The third kappa shape index (κ3) is 2.30. The van der Waals surface area contributed by atoms with E-state index in [9.17, 15) is 0 Å². The van der Waals surface area contributed by atoms with Gasteiger partial charge in [-0.3, -0.25) is 0 Å². The molecule has 0 fully saturated rings. The maximum atomic E-state index is 15.8. The summed E-state index contributed by atoms with van der Waals surface area (Å²) in [6.45, 7) is 2.85. The zero-order valence-electron chi connectivity index (χ0n) is 13.9. The highest BCUT2D eigenvalue weighted by atomic mass is 19.1. The van der Waals surface area contributed by atoms with Gasteiger partial charge in [0.25, 0.3) is 0 Å². The molecule has 0 unspecified atom stereocenters. The zero-order valence-corrected chi connectivity index (χ0v) is 13.9. The van der Waals surface area contributed by atoms with Gasteiger partial charge in [-0.25, -0.2) is 0 Å². The van der Waals surface area contributed by atoms with E-state index in [0.29, 0.717) is 0 Å². The van der Waals surface area contributed by atoms with E-state index >= 15 is 4.32 Å². The number of hydrogen-bond acceptors (Lipinski definition) is 0. The van der Waals surface area contributed by atoms with Gasteiger partial charge in [0.2, 0.25) is 0 Å². The molecule has 0 nitrogen and oxygen atoms in total. The Bertz CT molecular complexity index is 967. The van der Waals surface area contributed by atoms with Gasteiger partial charge in [-0.1, -0.05) is 83.9 Å². The highest BCUT2D eigenvalue weighted by Crippen LogP contribution is 2.19. The van der Waals surface area contributed by atoms with Crippen molar-refractivity contribution < 1.29 is 4.32 Å². The highest BCUT2D eigenvalue weighted by molar-refractivity contribution is 6.84. The first-order chi connectivity index (χ1) is 11.7. The smallest absolute Gasteiger partial charge is 0.322 e. The minimum atomic E-state index is -1.14. The van der Waals surface area contributed by atoms with Crippen LogP contribution in [0.3, 0.4) is 0 Å². The van der Waals surface area contributed by atoms with Gasteiger partial charge in [0.15, 0.2) is 0 Å². The maximum absolute atomic E-state index is 15.8. The van der Waals surface area contributed by atoms with E-state index in [4.69, 9.17) is 0 Å². The fraction of sp³-hybridized carbons (Fsp3) is 0.0909. The minimum absolute atomic E-state index is 0.785. The average molecular weight is 312 g/mol. The molecule has 4 aromatic carbocycles. The molecule has 0 amide bonds. The van der Waals surface area contributed by atoms with Gasteiger partial charge in [0.05, 0.1) is 0 Å². The topological polar surface area (TPSA) is 0 Å². The molecule has 0 bridgehead atoms. The average Bonchev–Trinajstić information content (AvgIpc) is 2.61. The van der Waals surface area contributed by atoms with Gasteiger partial charge in [-0.05, 0) is 46.3 Å². The van der Waals surface area contributed by atoms with Crippen LogP contribution in [0.5, 0.6) is 0 Å². The molecule has 0 spiro atoms. The Morgan fingerprint density at radius 1 is 0.583 bits per heavy atom. The molecule has 24 heavy (non-hydrogen) atoms. The summed E-state index contributed by atoms with van der Waals surface area (Å²) in [5.74, 6) is 0. The van der Waals surface area contributed by atoms with E-state index in [2.05, 4.69) is 12.1 Å². The van der Waals surface area contributed by atoms with E-state index in [1.165, 1.54) is 0 Å². The van der Waals surface area contributed by atoms with E-state index in [0.717, 1.165) is 43.6 Å². The van der Waals surface area contributed by atoms with Crippen LogP contribution in [-0.2, 0) is 0 Å². The number of halogens is 1. The summed E-state index contributed by atoms with van der Waals surface area (Å²) in [5, 5.41) is 4.16. The number of fused-ring (bicyclic) bond motifs is 2. The van der Waals surface area contributed by atoms with Crippen LogP contribution < -0.4 is 10.9 Å². The third-order valence-corrected chi connectivity index (χ3v) is 4.88. The Labute approximate surface area is 142 Å². The Kier molecular flexibility index (Phi) is 3.61. The lowest BCUT2D eigenvalue weighted by molar-refractivity contribution is 0.865. The lowest BCUT2D eigenvalue weighted by Gasteiger charge is -2.16. The van der Waals surface area contributed by atoms with Crippen molar-refractivity contribution in [1.82, 2.24) is 0 Å². The molecule has 0 atom stereocenters. The maximum Gasteiger partial charge on any atom is 0.415 e. The van der Waals surface area contributed by atoms with Crippen LogP contribution in [0.2, 0.25) is 0 Å². The monoisotopic (exact) mass is 312 g/mol. The Hall–Kier alpha value is -2.61. The standard InChI is InChI=1S/C22H18BF/c1-15-11-13-17-7-3-5-9-19(17)21(15)23(24)22-16(2)12-14-18-8-4-6-10-20(18)22/h3-14H,1-2H3. The summed E-state index contributed by atoms with van der Waals surface area (Å²) in [4.78, 5) is 0. The molecule has 0 aliphatic carbocycles. The fourth-order valence-corrected chi connectivity index (χ4v) is 3.63. The second-order valence-corrected chi connectivity index (χ2v) is 6.40. The summed E-state index contributed by atoms with van der Waals surface area (Å²) < 4.78 is 15.8. The molecule has 0 radical (unpaired) electrons. The molecule has 0 saturated heterocycles. The Morgan fingerprint density at radius 3 is 1.46 bits per heavy atom. The van der Waals surface area contributed by atoms with Crippen molar-refractivity contribution in [2.24, 2.45) is 0 Å². The first-order valence-corrected chi connectivity index (χ1v) is 8.27. The number of hydrogen-bond donors (Lipinski definition) is 0. The first kappa shape index (κ1) is 15.0. The van der Waals surface area contributed by atoms with Crippen molar-refractivity contribution in [3.8, 4) is 0 Å². The Morgan fingerprint density at radius 2 is 1.00 bits per heavy atom. The van der Waals surface area contributed by atoms with Crippen molar-refractivity contribution in [1.29, 1.82) is 0 Å². The lowest BCUT2D eigenvalue weighted by atomic mass is 9.54. The Balaban J connectivity index is 2.03. The molecule has 0 N–H and O–H groups in total. The first-order valence-electron chi connectivity index (χ1n) is 8.27. The van der Waals surface area contributed by atoms with Crippen LogP contribution in [0.15, 0.2) is 72.8 Å². The van der Waals surface area contributed by atoms with Crippen LogP contribution in [-0.4, -0.2) is 6.99 Å². The SMILES string of the molecule is Cc1ccc2ccccc2c1B(F)c1c(C)ccc2ccccc12. The van der Waals surface area contributed by atoms with Crippen LogP contribution in [0.25, 0.3) is 21.5 Å². The number of aryl methyl sites for hydroxylation is 2. The summed E-state index contributed by atoms with van der Waals surface area (Å²) in [6, 6.07) is 24.2. The summed E-state index contributed by atoms with van der Waals surface area (Å²) >= 11 is 0. The van der Waals surface area contributed by atoms with Gasteiger partial charge < -0.3 is 4.32 Å². The molecule has 0 heterocycles. The summed E-state index contributed by atoms with van der Waals surface area (Å²) in [7, 11) is 0. The normalized spacial score (nSPS) is 11.1. The third-order valence-electron chi connectivity index (χ3n) is 4.88. The minimum Gasteiger partial charge on any atom is -0.322 e. The van der Waals surface area contributed by atoms with Crippen LogP contribution in [0.1, 0.15) is 11.1 Å². The van der Waals surface area contributed by atoms with Crippen LogP contribution >= 0.6 is 0 Å². The number of rotatable bonds is 2. The van der Waals surface area contributed by atoms with Crippen molar-refractivity contribution in [2.75, 3.05) is 0 Å². The highest BCUT2D eigenvalue weighted by Gasteiger charge is 2.27. The quantitative estimate of drug-likeness (QED) is 0.471. The van der Waals surface area contributed by atoms with Gasteiger partial charge >= 0.3 is 6.99 Å². The molecular formula is C22H18BF. The van der Waals surface area contributed by atoms with Crippen molar-refractivity contribution in [2.45, 2.75) is 13.8 Å². The molecule has 0 aromatic heterocycles. The van der Waals surface area contributed by atoms with Crippen LogP contribution in [0.4, 0.5) is 4.32 Å². The second kappa shape index (κ2) is 5.79. The van der Waals surface area contributed by atoms with Crippen molar-refractivity contribution in [3.05, 3.63) is 83.9 Å². The van der Waals surface area contributed by atoms with Gasteiger partial charge in [-0.15, -0.1) is 0 Å². The van der Waals surface area contributed by atoms with Gasteiger partial charge in [-0.2, -0.15) is 0 Å². The molecule has 2 heteroatoms. The zero-order chi connectivity index (χ0) is 16.7. The number of benzene rings is 4. The van der Waals surface area contributed by atoms with Crippen LogP contribution in [0, 0.1) is 13.8 Å². The van der Waals surface area contributed by atoms with Crippen molar-refractivity contribution >= 4 is 39.5 Å². The molecule has 4 rings (SSSR count). The second-order valence-electron chi connectivity index (χ2n) is 6.40. The van der Waals surface area contributed by atoms with Crippen molar-refractivity contribution in [3.63, 3.8) is 0 Å². The molecule has 116 valence electrons. The van der Waals surface area contributed by atoms with Gasteiger partial charge in [0, 0.05) is 0 Å². The van der Waals surface area contributed by atoms with E-state index in [-0.39, 0.29) is 0 Å². The largest absolute Gasteiger partial charge is 0.415 e. The lowest BCUT2D eigenvalue weighted by Crippen LogP contribution is -2.42. The predicted molar refractivity (Wildman–Crippen MR) is 104 cm³/mol. The van der Waals surface area contributed by atoms with E-state index in [1.54, 1.807) is 0 Å². The molecule has 0 saturated carbocycles. The molecule has 0 aliphatic heterocycles. The van der Waals surface area contributed by atoms with E-state index in [1.807, 2.05) is 74.5 Å². The predicted octanol–water partition coefficient (Wildman–Crippen LogP) is 4.69.